The van der Waals surface area contributed by atoms with Gasteiger partial charge in [-0.25, -0.2) is 0 Å². The topological polar surface area (TPSA) is 84.8 Å². The molecule has 1 aliphatic heterocycles. The van der Waals surface area contributed by atoms with Crippen LogP contribution in [0.15, 0.2) is 42.5 Å². The number of piperazine rings is 1. The van der Waals surface area contributed by atoms with E-state index in [2.05, 4.69) is 23.3 Å². The molecule has 0 aromatic heterocycles. The highest BCUT2D eigenvalue weighted by molar-refractivity contribution is 7.80. The van der Waals surface area contributed by atoms with Crippen molar-refractivity contribution < 1.29 is 9.53 Å². The van der Waals surface area contributed by atoms with Crippen LogP contribution in [0.5, 0.6) is 0 Å². The summed E-state index contributed by atoms with van der Waals surface area (Å²) < 4.78 is 5.29. The number of carbonyl (C=O) groups excluding carboxylic acids is 1. The average Bonchev–Trinajstić information content (AvgIpc) is 2.78. The minimum Gasteiger partial charge on any atom is -0.385 e. The van der Waals surface area contributed by atoms with E-state index in [1.807, 2.05) is 47.4 Å². The lowest BCUT2D eigenvalue weighted by molar-refractivity contribution is 0.0384. The van der Waals surface area contributed by atoms with E-state index in [1.165, 1.54) is 7.05 Å². The fraction of sp³-hybridized carbons (Fsp3) is 0.500. The van der Waals surface area contributed by atoms with Crippen molar-refractivity contribution in [3.05, 3.63) is 48.0 Å². The lowest BCUT2D eigenvalue weighted by atomic mass is 10.0. The fourth-order valence-corrected chi connectivity index (χ4v) is 3.90. The molecule has 7 heteroatoms. The number of ether oxygens (including phenoxy) is 1. The van der Waals surface area contributed by atoms with Gasteiger partial charge in [-0.3, -0.25) is 9.69 Å². The summed E-state index contributed by atoms with van der Waals surface area (Å²) in [5, 5.41) is 2.11. The second-order valence-electron chi connectivity index (χ2n) is 7.15. The number of nitrogens with two attached hydrogens (primary N) is 2. The number of fused-ring (bicyclic) bond motifs is 1. The smallest absolute Gasteiger partial charge is 0.254 e. The first-order valence-corrected chi connectivity index (χ1v) is 10.7. The molecule has 0 saturated carbocycles. The highest BCUT2D eigenvalue weighted by atomic mass is 32.1. The summed E-state index contributed by atoms with van der Waals surface area (Å²) in [7, 11) is 3.21. The standard InChI is InChI=1S/C21H29N3O2S.CH5N/c1-26-12-9-18-14-24(11-10-23(18)13-17(22)15-27)21(25)20-8-4-6-16-5-2-3-7-19(16)20;1-2/h2-8,17-18,27H,9-15,22H2,1H3;2H2,1H3/t17?,18-;/m0./s1. The maximum atomic E-state index is 13.3. The Morgan fingerprint density at radius 3 is 2.66 bits per heavy atom. The van der Waals surface area contributed by atoms with Crippen LogP contribution in [-0.4, -0.2) is 80.5 Å². The third kappa shape index (κ3) is 6.17. The third-order valence-corrected chi connectivity index (χ3v) is 5.74. The summed E-state index contributed by atoms with van der Waals surface area (Å²) in [6.45, 7) is 3.71. The van der Waals surface area contributed by atoms with Crippen LogP contribution in [0.1, 0.15) is 16.8 Å². The Hall–Kier alpha value is -1.64. The Labute approximate surface area is 179 Å². The van der Waals surface area contributed by atoms with Crippen molar-refractivity contribution in [2.45, 2.75) is 18.5 Å². The van der Waals surface area contributed by atoms with E-state index >= 15 is 0 Å². The molecule has 0 radical (unpaired) electrons. The molecule has 0 aliphatic carbocycles. The molecule has 1 heterocycles. The summed E-state index contributed by atoms with van der Waals surface area (Å²) >= 11 is 4.31. The zero-order valence-electron chi connectivity index (χ0n) is 17.5. The van der Waals surface area contributed by atoms with Gasteiger partial charge in [-0.1, -0.05) is 36.4 Å². The van der Waals surface area contributed by atoms with Crippen LogP contribution in [0.4, 0.5) is 0 Å². The first-order valence-electron chi connectivity index (χ1n) is 10.1. The van der Waals surface area contributed by atoms with Gasteiger partial charge in [0.15, 0.2) is 0 Å². The molecule has 1 aliphatic rings. The molecule has 1 amide bonds. The van der Waals surface area contributed by atoms with Crippen molar-refractivity contribution in [3.63, 3.8) is 0 Å². The molecule has 2 aromatic rings. The molecule has 1 unspecified atom stereocenters. The van der Waals surface area contributed by atoms with Gasteiger partial charge in [-0.15, -0.1) is 0 Å². The van der Waals surface area contributed by atoms with Gasteiger partial charge in [0.05, 0.1) is 0 Å². The molecule has 4 N–H and O–H groups in total. The molecule has 0 bridgehead atoms. The summed E-state index contributed by atoms with van der Waals surface area (Å²) in [6, 6.07) is 14.3. The second kappa shape index (κ2) is 12.1. The van der Waals surface area contributed by atoms with Gasteiger partial charge in [0.25, 0.3) is 5.91 Å². The second-order valence-corrected chi connectivity index (χ2v) is 7.52. The van der Waals surface area contributed by atoms with Crippen LogP contribution in [0, 0.1) is 0 Å². The van der Waals surface area contributed by atoms with Crippen molar-refractivity contribution in [1.82, 2.24) is 9.80 Å². The predicted octanol–water partition coefficient (Wildman–Crippen LogP) is 1.83. The molecule has 160 valence electrons. The quantitative estimate of drug-likeness (QED) is 0.598. The van der Waals surface area contributed by atoms with Crippen LogP contribution in [-0.2, 0) is 4.74 Å². The van der Waals surface area contributed by atoms with Gasteiger partial charge in [-0.2, -0.15) is 12.6 Å². The zero-order valence-corrected chi connectivity index (χ0v) is 18.4. The van der Waals surface area contributed by atoms with Gasteiger partial charge in [0.2, 0.25) is 0 Å². The number of methoxy groups -OCH3 is 1. The summed E-state index contributed by atoms with van der Waals surface area (Å²) in [6.07, 6.45) is 0.884. The summed E-state index contributed by atoms with van der Waals surface area (Å²) in [4.78, 5) is 17.6. The first-order chi connectivity index (χ1) is 14.1. The Bertz CT molecular complexity index is 768. The van der Waals surface area contributed by atoms with Crippen molar-refractivity contribution in [1.29, 1.82) is 0 Å². The molecule has 1 fully saturated rings. The van der Waals surface area contributed by atoms with Gasteiger partial charge < -0.3 is 21.1 Å². The Kier molecular flexibility index (Phi) is 9.90. The first kappa shape index (κ1) is 23.6. The minimum absolute atomic E-state index is 0.0405. The molecule has 2 aromatic carbocycles. The van der Waals surface area contributed by atoms with Crippen molar-refractivity contribution in [3.8, 4) is 0 Å². The summed E-state index contributed by atoms with van der Waals surface area (Å²) in [5.74, 6) is 0.763. The highest BCUT2D eigenvalue weighted by Gasteiger charge is 2.30. The van der Waals surface area contributed by atoms with E-state index in [4.69, 9.17) is 10.5 Å². The Morgan fingerprint density at radius 1 is 1.21 bits per heavy atom. The maximum Gasteiger partial charge on any atom is 0.254 e. The van der Waals surface area contributed by atoms with Gasteiger partial charge in [0.1, 0.15) is 0 Å². The number of hydrogen-bond acceptors (Lipinski definition) is 6. The lowest BCUT2D eigenvalue weighted by Crippen LogP contribution is -2.57. The van der Waals surface area contributed by atoms with E-state index in [-0.39, 0.29) is 18.0 Å². The average molecular weight is 419 g/mol. The monoisotopic (exact) mass is 418 g/mol. The van der Waals surface area contributed by atoms with E-state index in [9.17, 15) is 4.79 Å². The number of hydrogen-bond donors (Lipinski definition) is 3. The van der Waals surface area contributed by atoms with Crippen LogP contribution in [0.3, 0.4) is 0 Å². The van der Waals surface area contributed by atoms with E-state index in [0.29, 0.717) is 25.4 Å². The molecular weight excluding hydrogens is 384 g/mol. The van der Waals surface area contributed by atoms with Crippen LogP contribution >= 0.6 is 12.6 Å². The lowest BCUT2D eigenvalue weighted by Gasteiger charge is -2.42. The fourth-order valence-electron chi connectivity index (χ4n) is 3.79. The zero-order chi connectivity index (χ0) is 21.2. The van der Waals surface area contributed by atoms with Crippen LogP contribution < -0.4 is 11.5 Å². The Morgan fingerprint density at radius 2 is 1.93 bits per heavy atom. The van der Waals surface area contributed by atoms with E-state index in [1.54, 1.807) is 7.11 Å². The number of rotatable bonds is 7. The van der Waals surface area contributed by atoms with Crippen molar-refractivity contribution >= 4 is 29.3 Å². The molecule has 3 rings (SSSR count). The molecule has 1 saturated heterocycles. The number of benzene rings is 2. The number of thiol groups is 1. The molecular formula is C22H34N4O2S. The number of nitrogens with zero attached hydrogens (tertiary/aromatic N) is 2. The highest BCUT2D eigenvalue weighted by Crippen LogP contribution is 2.22. The van der Waals surface area contributed by atoms with Gasteiger partial charge in [0, 0.05) is 63.3 Å². The van der Waals surface area contributed by atoms with Gasteiger partial charge in [-0.05, 0) is 30.3 Å². The SMILES string of the molecule is CN.COCC[C@H]1CN(C(=O)c2cccc3ccccc23)CCN1CC(N)CS. The largest absolute Gasteiger partial charge is 0.385 e. The summed E-state index contributed by atoms with van der Waals surface area (Å²) in [5.41, 5.74) is 11.4. The van der Waals surface area contributed by atoms with Crippen molar-refractivity contribution in [2.75, 3.05) is 52.7 Å². The predicted molar refractivity (Wildman–Crippen MR) is 124 cm³/mol. The molecule has 0 spiro atoms. The third-order valence-electron chi connectivity index (χ3n) is 5.27. The van der Waals surface area contributed by atoms with Gasteiger partial charge >= 0.3 is 0 Å². The van der Waals surface area contributed by atoms with E-state index in [0.717, 1.165) is 35.8 Å². The Balaban J connectivity index is 0.00000145. The normalized spacial score (nSPS) is 18.2. The number of amides is 1. The maximum absolute atomic E-state index is 13.3. The number of carbonyl (C=O) groups is 1. The van der Waals surface area contributed by atoms with Crippen LogP contribution in [0.2, 0.25) is 0 Å². The minimum atomic E-state index is 0.0405. The van der Waals surface area contributed by atoms with Crippen molar-refractivity contribution in [2.24, 2.45) is 11.5 Å². The van der Waals surface area contributed by atoms with E-state index < -0.39 is 0 Å². The molecule has 2 atom stereocenters. The van der Waals surface area contributed by atoms with Crippen LogP contribution in [0.25, 0.3) is 10.8 Å². The molecule has 29 heavy (non-hydrogen) atoms. The molecule has 6 nitrogen and oxygen atoms in total.